The van der Waals surface area contributed by atoms with E-state index in [1.165, 1.54) is 16.3 Å². The van der Waals surface area contributed by atoms with Crippen LogP contribution in [0.15, 0.2) is 35.7 Å². The maximum atomic E-state index is 4.79. The molecule has 2 aromatic rings. The summed E-state index contributed by atoms with van der Waals surface area (Å²) in [7, 11) is 0. The van der Waals surface area contributed by atoms with Crippen LogP contribution in [-0.4, -0.2) is 35.6 Å². The first-order valence-corrected chi connectivity index (χ1v) is 8.11. The van der Waals surface area contributed by atoms with Gasteiger partial charge in [0.1, 0.15) is 0 Å². The zero-order chi connectivity index (χ0) is 13.8. The lowest BCUT2D eigenvalue weighted by atomic mass is 10.2. The van der Waals surface area contributed by atoms with Crippen molar-refractivity contribution >= 4 is 11.3 Å². The van der Waals surface area contributed by atoms with Gasteiger partial charge in [-0.15, -0.1) is 11.3 Å². The largest absolute Gasteiger partial charge is 0.314 e. The van der Waals surface area contributed by atoms with Crippen LogP contribution in [0, 0.1) is 0 Å². The summed E-state index contributed by atoms with van der Waals surface area (Å²) in [5, 5.41) is 6.86. The van der Waals surface area contributed by atoms with E-state index in [-0.39, 0.29) is 0 Å². The van der Waals surface area contributed by atoms with Gasteiger partial charge in [-0.25, -0.2) is 4.98 Å². The first kappa shape index (κ1) is 13.7. The zero-order valence-corrected chi connectivity index (χ0v) is 12.7. The third-order valence-electron chi connectivity index (χ3n) is 3.80. The minimum atomic E-state index is 0.600. The van der Waals surface area contributed by atoms with Gasteiger partial charge in [-0.3, -0.25) is 4.90 Å². The van der Waals surface area contributed by atoms with Crippen molar-refractivity contribution in [2.45, 2.75) is 25.9 Å². The molecule has 1 aliphatic rings. The maximum Gasteiger partial charge on any atom is 0.0972 e. The Morgan fingerprint density at radius 3 is 3.00 bits per heavy atom. The molecule has 4 heteroatoms. The van der Waals surface area contributed by atoms with Gasteiger partial charge in [-0.05, 0) is 12.5 Å². The van der Waals surface area contributed by atoms with Gasteiger partial charge in [0.05, 0.1) is 10.7 Å². The topological polar surface area (TPSA) is 28.2 Å². The molecule has 0 saturated carbocycles. The standard InChI is InChI=1S/C16H21N3S/c1-13-10-17-7-8-19(13)11-15-12-20-16(18-15)9-14-5-3-2-4-6-14/h2-6,12-13,17H,7-11H2,1H3/t13-/m1/s1. The highest BCUT2D eigenvalue weighted by Gasteiger charge is 2.18. The molecule has 0 spiro atoms. The summed E-state index contributed by atoms with van der Waals surface area (Å²) in [6, 6.07) is 11.2. The Bertz CT molecular complexity index is 538. The van der Waals surface area contributed by atoms with Crippen molar-refractivity contribution < 1.29 is 0 Å². The average Bonchev–Trinajstić information content (AvgIpc) is 2.90. The lowest BCUT2D eigenvalue weighted by molar-refractivity contribution is 0.164. The van der Waals surface area contributed by atoms with Crippen molar-refractivity contribution in [1.29, 1.82) is 0 Å². The van der Waals surface area contributed by atoms with Gasteiger partial charge < -0.3 is 5.32 Å². The minimum absolute atomic E-state index is 0.600. The zero-order valence-electron chi connectivity index (χ0n) is 11.9. The Morgan fingerprint density at radius 2 is 2.20 bits per heavy atom. The molecule has 1 N–H and O–H groups in total. The lowest BCUT2D eigenvalue weighted by Crippen LogP contribution is -2.49. The molecule has 1 aromatic carbocycles. The summed E-state index contributed by atoms with van der Waals surface area (Å²) < 4.78 is 0. The van der Waals surface area contributed by atoms with E-state index in [0.717, 1.165) is 32.6 Å². The molecule has 3 nitrogen and oxygen atoms in total. The number of nitrogens with one attached hydrogen (secondary N) is 1. The van der Waals surface area contributed by atoms with Crippen LogP contribution in [0.25, 0.3) is 0 Å². The van der Waals surface area contributed by atoms with E-state index in [4.69, 9.17) is 4.98 Å². The maximum absolute atomic E-state index is 4.79. The fourth-order valence-electron chi connectivity index (χ4n) is 2.60. The van der Waals surface area contributed by atoms with Crippen LogP contribution < -0.4 is 5.32 Å². The molecule has 0 radical (unpaired) electrons. The van der Waals surface area contributed by atoms with Gasteiger partial charge in [0, 0.05) is 44.0 Å². The van der Waals surface area contributed by atoms with Gasteiger partial charge >= 0.3 is 0 Å². The van der Waals surface area contributed by atoms with Crippen molar-refractivity contribution in [3.05, 3.63) is 52.0 Å². The highest BCUT2D eigenvalue weighted by Crippen LogP contribution is 2.17. The molecule has 2 heterocycles. The second kappa shape index (κ2) is 6.48. The summed E-state index contributed by atoms with van der Waals surface area (Å²) >= 11 is 1.78. The predicted octanol–water partition coefficient (Wildman–Crippen LogP) is 2.53. The first-order chi connectivity index (χ1) is 9.81. The third kappa shape index (κ3) is 3.45. The Balaban J connectivity index is 1.62. The van der Waals surface area contributed by atoms with E-state index in [9.17, 15) is 0 Å². The molecular formula is C16H21N3S. The normalized spacial score (nSPS) is 20.1. The molecule has 20 heavy (non-hydrogen) atoms. The molecule has 1 atom stereocenters. The van der Waals surface area contributed by atoms with Gasteiger partial charge in [-0.2, -0.15) is 0 Å². The van der Waals surface area contributed by atoms with E-state index < -0.39 is 0 Å². The first-order valence-electron chi connectivity index (χ1n) is 7.23. The van der Waals surface area contributed by atoms with Crippen LogP contribution in [0.4, 0.5) is 0 Å². The molecule has 0 unspecified atom stereocenters. The summed E-state index contributed by atoms with van der Waals surface area (Å²) in [5.41, 5.74) is 2.55. The fourth-order valence-corrected chi connectivity index (χ4v) is 3.42. The van der Waals surface area contributed by atoms with Crippen LogP contribution in [0.5, 0.6) is 0 Å². The average molecular weight is 287 g/mol. The molecular weight excluding hydrogens is 266 g/mol. The van der Waals surface area contributed by atoms with Crippen molar-refractivity contribution in [2.75, 3.05) is 19.6 Å². The molecule has 1 fully saturated rings. The monoisotopic (exact) mass is 287 g/mol. The van der Waals surface area contributed by atoms with Gasteiger partial charge in [0.15, 0.2) is 0 Å². The molecule has 3 rings (SSSR count). The van der Waals surface area contributed by atoms with Gasteiger partial charge in [-0.1, -0.05) is 30.3 Å². The Kier molecular flexibility index (Phi) is 4.45. The highest BCUT2D eigenvalue weighted by atomic mass is 32.1. The van der Waals surface area contributed by atoms with E-state index in [0.29, 0.717) is 6.04 Å². The number of rotatable bonds is 4. The number of piperazine rings is 1. The molecule has 1 aliphatic heterocycles. The van der Waals surface area contributed by atoms with Crippen molar-refractivity contribution in [3.8, 4) is 0 Å². The SMILES string of the molecule is C[C@@H]1CNCCN1Cc1csc(Cc2ccccc2)n1. The van der Waals surface area contributed by atoms with Gasteiger partial charge in [0.25, 0.3) is 0 Å². The van der Waals surface area contributed by atoms with Crippen LogP contribution >= 0.6 is 11.3 Å². The predicted molar refractivity (Wildman–Crippen MR) is 84.1 cm³/mol. The molecule has 0 amide bonds. The summed E-state index contributed by atoms with van der Waals surface area (Å²) in [5.74, 6) is 0. The summed E-state index contributed by atoms with van der Waals surface area (Å²) in [6.07, 6.45) is 0.947. The summed E-state index contributed by atoms with van der Waals surface area (Å²) in [6.45, 7) is 6.55. The number of aromatic nitrogens is 1. The highest BCUT2D eigenvalue weighted by molar-refractivity contribution is 7.09. The van der Waals surface area contributed by atoms with Crippen LogP contribution in [-0.2, 0) is 13.0 Å². The molecule has 0 aliphatic carbocycles. The molecule has 106 valence electrons. The second-order valence-electron chi connectivity index (χ2n) is 5.42. The Morgan fingerprint density at radius 1 is 1.35 bits per heavy atom. The van der Waals surface area contributed by atoms with Crippen molar-refractivity contribution in [2.24, 2.45) is 0 Å². The minimum Gasteiger partial charge on any atom is -0.314 e. The number of nitrogens with zero attached hydrogens (tertiary/aromatic N) is 2. The third-order valence-corrected chi connectivity index (χ3v) is 4.70. The molecule has 0 bridgehead atoms. The number of benzene rings is 1. The fraction of sp³-hybridized carbons (Fsp3) is 0.438. The number of hydrogen-bond acceptors (Lipinski definition) is 4. The lowest BCUT2D eigenvalue weighted by Gasteiger charge is -2.33. The van der Waals surface area contributed by atoms with E-state index >= 15 is 0 Å². The van der Waals surface area contributed by atoms with Crippen LogP contribution in [0.2, 0.25) is 0 Å². The van der Waals surface area contributed by atoms with E-state index in [1.54, 1.807) is 11.3 Å². The van der Waals surface area contributed by atoms with Crippen molar-refractivity contribution in [1.82, 2.24) is 15.2 Å². The Hall–Kier alpha value is -1.23. The van der Waals surface area contributed by atoms with E-state index in [2.05, 4.69) is 52.9 Å². The number of thiazole rings is 1. The Labute approximate surface area is 124 Å². The molecule has 1 saturated heterocycles. The quantitative estimate of drug-likeness (QED) is 0.936. The number of hydrogen-bond donors (Lipinski definition) is 1. The van der Waals surface area contributed by atoms with E-state index in [1.807, 2.05) is 0 Å². The smallest absolute Gasteiger partial charge is 0.0972 e. The van der Waals surface area contributed by atoms with Crippen molar-refractivity contribution in [3.63, 3.8) is 0 Å². The summed E-state index contributed by atoms with van der Waals surface area (Å²) in [4.78, 5) is 7.30. The van der Waals surface area contributed by atoms with Crippen LogP contribution in [0.1, 0.15) is 23.2 Å². The van der Waals surface area contributed by atoms with Gasteiger partial charge in [0.2, 0.25) is 0 Å². The second-order valence-corrected chi connectivity index (χ2v) is 6.36. The van der Waals surface area contributed by atoms with Crippen LogP contribution in [0.3, 0.4) is 0 Å². The molecule has 1 aromatic heterocycles.